The van der Waals surface area contributed by atoms with Crippen molar-refractivity contribution < 1.29 is 9.90 Å². The van der Waals surface area contributed by atoms with Crippen LogP contribution in [0.1, 0.15) is 25.0 Å². The van der Waals surface area contributed by atoms with Crippen LogP contribution in [0.5, 0.6) is 0 Å². The fourth-order valence-electron chi connectivity index (χ4n) is 2.76. The summed E-state index contributed by atoms with van der Waals surface area (Å²) in [4.78, 5) is 13.7. The monoisotopic (exact) mass is 265 g/mol. The molecule has 1 atom stereocenters. The van der Waals surface area contributed by atoms with Crippen LogP contribution in [0.15, 0.2) is 18.3 Å². The van der Waals surface area contributed by atoms with Crippen molar-refractivity contribution in [1.82, 2.24) is 14.8 Å². The third-order valence-corrected chi connectivity index (χ3v) is 3.84. The van der Waals surface area contributed by atoms with Gasteiger partial charge in [0.15, 0.2) is 0 Å². The lowest BCUT2D eigenvalue weighted by Gasteiger charge is -2.38. The molecule has 0 saturated carbocycles. The summed E-state index contributed by atoms with van der Waals surface area (Å²) in [6, 6.07) is 4.11. The molecule has 1 aromatic rings. The van der Waals surface area contributed by atoms with E-state index in [1.807, 2.05) is 19.3 Å². The maximum atomic E-state index is 11.5. The summed E-state index contributed by atoms with van der Waals surface area (Å²) in [5.41, 5.74) is 0.341. The maximum Gasteiger partial charge on any atom is 0.222 e. The minimum absolute atomic E-state index is 0.0942. The Labute approximate surface area is 114 Å². The van der Waals surface area contributed by atoms with Crippen LogP contribution in [0.25, 0.3) is 0 Å². The number of β-amino-alcohol motifs (C(OH)–C–C–N with tert-alkyl or cyclic N) is 1. The molecule has 1 saturated heterocycles. The van der Waals surface area contributed by atoms with E-state index in [1.54, 1.807) is 7.05 Å². The minimum Gasteiger partial charge on any atom is -0.388 e. The zero-order valence-electron chi connectivity index (χ0n) is 11.7. The van der Waals surface area contributed by atoms with Crippen LogP contribution in [-0.4, -0.2) is 46.2 Å². The fraction of sp³-hybridized carbons (Fsp3) is 0.643. The van der Waals surface area contributed by atoms with Gasteiger partial charge in [-0.1, -0.05) is 0 Å². The second kappa shape index (κ2) is 5.75. The van der Waals surface area contributed by atoms with Gasteiger partial charge in [0.1, 0.15) is 0 Å². The van der Waals surface area contributed by atoms with Crippen molar-refractivity contribution in [2.75, 3.05) is 20.1 Å². The van der Waals surface area contributed by atoms with Crippen molar-refractivity contribution in [1.29, 1.82) is 0 Å². The Morgan fingerprint density at radius 2 is 2.37 bits per heavy atom. The summed E-state index contributed by atoms with van der Waals surface area (Å²) in [5, 5.41) is 13.1. The van der Waals surface area contributed by atoms with E-state index in [4.69, 9.17) is 0 Å². The number of piperidine rings is 1. The Morgan fingerprint density at radius 1 is 1.58 bits per heavy atom. The topological polar surface area (TPSA) is 57.5 Å². The van der Waals surface area contributed by atoms with E-state index in [9.17, 15) is 9.90 Å². The lowest BCUT2D eigenvalue weighted by molar-refractivity contribution is -0.128. The summed E-state index contributed by atoms with van der Waals surface area (Å²) >= 11 is 0. The molecule has 0 spiro atoms. The number of nitrogens with one attached hydrogen (secondary N) is 1. The van der Waals surface area contributed by atoms with Gasteiger partial charge in [-0.2, -0.15) is 0 Å². The highest BCUT2D eigenvalue weighted by Gasteiger charge is 2.35. The zero-order valence-corrected chi connectivity index (χ0v) is 11.7. The fourth-order valence-corrected chi connectivity index (χ4v) is 2.76. The zero-order chi connectivity index (χ0) is 13.9. The maximum absolute atomic E-state index is 11.5. The molecule has 5 heteroatoms. The van der Waals surface area contributed by atoms with Gasteiger partial charge in [-0.3, -0.25) is 9.69 Å². The average Bonchev–Trinajstić information content (AvgIpc) is 2.74. The lowest BCUT2D eigenvalue weighted by atomic mass is 9.89. The van der Waals surface area contributed by atoms with Gasteiger partial charge < -0.3 is 15.0 Å². The Hall–Kier alpha value is -1.33. The third-order valence-electron chi connectivity index (χ3n) is 3.84. The number of carbonyl (C=O) groups excluding carboxylic acids is 1. The van der Waals surface area contributed by atoms with Crippen molar-refractivity contribution in [2.24, 2.45) is 7.05 Å². The molecule has 2 N–H and O–H groups in total. The Balaban J connectivity index is 1.97. The Kier molecular flexibility index (Phi) is 4.27. The van der Waals surface area contributed by atoms with Crippen LogP contribution in [0.4, 0.5) is 0 Å². The molecule has 0 aromatic carbocycles. The smallest absolute Gasteiger partial charge is 0.222 e. The van der Waals surface area contributed by atoms with Gasteiger partial charge in [-0.05, 0) is 31.5 Å². The number of aromatic nitrogens is 1. The van der Waals surface area contributed by atoms with Gasteiger partial charge in [0.2, 0.25) is 5.91 Å². The molecule has 1 fully saturated rings. The van der Waals surface area contributed by atoms with Gasteiger partial charge in [0.05, 0.1) is 12.0 Å². The normalized spacial score (nSPS) is 24.4. The molecule has 19 heavy (non-hydrogen) atoms. The van der Waals surface area contributed by atoms with Gasteiger partial charge >= 0.3 is 0 Å². The molecule has 5 nitrogen and oxygen atoms in total. The molecular formula is C14H23N3O2. The van der Waals surface area contributed by atoms with E-state index in [0.29, 0.717) is 13.0 Å². The summed E-state index contributed by atoms with van der Waals surface area (Å²) in [5.74, 6) is -0.0942. The van der Waals surface area contributed by atoms with Crippen molar-refractivity contribution in [3.8, 4) is 0 Å². The van der Waals surface area contributed by atoms with E-state index in [-0.39, 0.29) is 12.3 Å². The van der Waals surface area contributed by atoms with Crippen LogP contribution in [0.3, 0.4) is 0 Å². The predicted octanol–water partition coefficient (Wildman–Crippen LogP) is 0.488. The first kappa shape index (κ1) is 14.1. The van der Waals surface area contributed by atoms with Gasteiger partial charge in [0, 0.05) is 39.1 Å². The standard InChI is InChI=1S/C14H23N3O2/c1-15-13(18)9-14(19)6-4-8-17(11-14)10-12-5-3-7-16(12)2/h3,5,7,19H,4,6,8-11H2,1-2H3,(H,15,18). The molecule has 2 heterocycles. The number of rotatable bonds is 4. The van der Waals surface area contributed by atoms with Crippen LogP contribution in [0.2, 0.25) is 0 Å². The van der Waals surface area contributed by atoms with Crippen LogP contribution < -0.4 is 5.32 Å². The summed E-state index contributed by atoms with van der Waals surface area (Å²) in [7, 11) is 3.63. The molecule has 0 radical (unpaired) electrons. The number of nitrogens with zero attached hydrogens (tertiary/aromatic N) is 2. The largest absolute Gasteiger partial charge is 0.388 e. The number of hydrogen-bond donors (Lipinski definition) is 2. The number of hydrogen-bond acceptors (Lipinski definition) is 3. The average molecular weight is 265 g/mol. The molecule has 0 bridgehead atoms. The predicted molar refractivity (Wildman–Crippen MR) is 73.6 cm³/mol. The molecule has 0 aliphatic carbocycles. The second-order valence-corrected chi connectivity index (χ2v) is 5.50. The first-order chi connectivity index (χ1) is 9.02. The molecule has 106 valence electrons. The second-order valence-electron chi connectivity index (χ2n) is 5.50. The van der Waals surface area contributed by atoms with Crippen molar-refractivity contribution in [3.63, 3.8) is 0 Å². The van der Waals surface area contributed by atoms with Crippen LogP contribution >= 0.6 is 0 Å². The van der Waals surface area contributed by atoms with Crippen molar-refractivity contribution in [3.05, 3.63) is 24.0 Å². The highest BCUT2D eigenvalue weighted by molar-refractivity contribution is 5.76. The summed E-state index contributed by atoms with van der Waals surface area (Å²) < 4.78 is 2.09. The van der Waals surface area contributed by atoms with E-state index in [2.05, 4.69) is 20.9 Å². The number of aliphatic hydroxyl groups is 1. The van der Waals surface area contributed by atoms with Crippen molar-refractivity contribution in [2.45, 2.75) is 31.4 Å². The molecule has 1 amide bonds. The molecule has 1 aliphatic heterocycles. The number of amides is 1. The quantitative estimate of drug-likeness (QED) is 0.833. The Morgan fingerprint density at radius 3 is 3.00 bits per heavy atom. The highest BCUT2D eigenvalue weighted by Crippen LogP contribution is 2.25. The Bertz CT molecular complexity index is 444. The molecule has 2 rings (SSSR count). The van der Waals surface area contributed by atoms with Crippen LogP contribution in [-0.2, 0) is 18.4 Å². The molecule has 1 aliphatic rings. The highest BCUT2D eigenvalue weighted by atomic mass is 16.3. The summed E-state index contributed by atoms with van der Waals surface area (Å²) in [6.07, 6.45) is 3.84. The van der Waals surface area contributed by atoms with Gasteiger partial charge in [-0.15, -0.1) is 0 Å². The number of likely N-dealkylation sites (tertiary alicyclic amines) is 1. The SMILES string of the molecule is CNC(=O)CC1(O)CCCN(Cc2cccn2C)C1. The molecular weight excluding hydrogens is 242 g/mol. The first-order valence-corrected chi connectivity index (χ1v) is 6.78. The van der Waals surface area contributed by atoms with E-state index in [0.717, 1.165) is 19.5 Å². The minimum atomic E-state index is -0.885. The number of carbonyl (C=O) groups is 1. The van der Waals surface area contributed by atoms with E-state index < -0.39 is 5.60 Å². The lowest BCUT2D eigenvalue weighted by Crippen LogP contribution is -2.50. The van der Waals surface area contributed by atoms with Crippen LogP contribution in [0, 0.1) is 0 Å². The first-order valence-electron chi connectivity index (χ1n) is 6.78. The molecule has 1 aromatic heterocycles. The van der Waals surface area contributed by atoms with E-state index in [1.165, 1.54) is 5.69 Å². The number of aryl methyl sites for hydroxylation is 1. The molecule has 1 unspecified atom stereocenters. The van der Waals surface area contributed by atoms with Gasteiger partial charge in [0.25, 0.3) is 0 Å². The van der Waals surface area contributed by atoms with Gasteiger partial charge in [-0.25, -0.2) is 0 Å². The third kappa shape index (κ3) is 3.58. The summed E-state index contributed by atoms with van der Waals surface area (Å²) in [6.45, 7) is 2.35. The van der Waals surface area contributed by atoms with Crippen molar-refractivity contribution >= 4 is 5.91 Å². The van der Waals surface area contributed by atoms with E-state index >= 15 is 0 Å².